The van der Waals surface area contributed by atoms with Crippen molar-refractivity contribution in [3.05, 3.63) is 52.0 Å². The summed E-state index contributed by atoms with van der Waals surface area (Å²) < 4.78 is 6.19. The van der Waals surface area contributed by atoms with E-state index in [0.717, 1.165) is 27.0 Å². The molecule has 0 spiro atoms. The van der Waals surface area contributed by atoms with E-state index >= 15 is 0 Å². The molecule has 2 rings (SSSR count). The molecule has 0 aromatic heterocycles. The van der Waals surface area contributed by atoms with Crippen molar-refractivity contribution in [2.75, 3.05) is 12.4 Å². The number of ether oxygens (including phenoxy) is 1. The summed E-state index contributed by atoms with van der Waals surface area (Å²) >= 11 is 3.45. The second-order valence-corrected chi connectivity index (χ2v) is 5.72. The highest BCUT2D eigenvalue weighted by Gasteiger charge is 2.11. The number of aromatic hydroxyl groups is 1. The number of hydrogen-bond acceptors (Lipinski definition) is 3. The lowest BCUT2D eigenvalue weighted by molar-refractivity contribution is 0.414. The van der Waals surface area contributed by atoms with Crippen LogP contribution in [0.4, 0.5) is 5.69 Å². The first kappa shape index (κ1) is 14.7. The second-order valence-electron chi connectivity index (χ2n) is 4.81. The highest BCUT2D eigenvalue weighted by atomic mass is 79.9. The first-order chi connectivity index (χ1) is 9.49. The van der Waals surface area contributed by atoms with Gasteiger partial charge in [0.25, 0.3) is 0 Å². The molecule has 1 atom stereocenters. The summed E-state index contributed by atoms with van der Waals surface area (Å²) in [5, 5.41) is 13.4. The molecule has 0 saturated carbocycles. The van der Waals surface area contributed by atoms with E-state index in [0.29, 0.717) is 5.75 Å². The van der Waals surface area contributed by atoms with Gasteiger partial charge in [0.1, 0.15) is 11.5 Å². The number of rotatable bonds is 4. The zero-order chi connectivity index (χ0) is 14.7. The van der Waals surface area contributed by atoms with Crippen LogP contribution in [-0.2, 0) is 0 Å². The molecule has 0 amide bonds. The molecule has 0 aliphatic carbocycles. The summed E-state index contributed by atoms with van der Waals surface area (Å²) in [6.07, 6.45) is 0. The van der Waals surface area contributed by atoms with Gasteiger partial charge in [0, 0.05) is 21.8 Å². The largest absolute Gasteiger partial charge is 0.508 e. The van der Waals surface area contributed by atoms with Crippen LogP contribution < -0.4 is 10.1 Å². The average Bonchev–Trinajstić information content (AvgIpc) is 2.37. The standard InChI is InChI=1S/C16H18BrNO2/c1-10-4-5-15(16(19)6-10)11(2)18-13-7-12(17)8-14(9-13)20-3/h4-9,11,18-19H,1-3H3. The molecular formula is C16H18BrNO2. The Labute approximate surface area is 127 Å². The van der Waals surface area contributed by atoms with Crippen LogP contribution in [0.1, 0.15) is 24.1 Å². The van der Waals surface area contributed by atoms with Crippen LogP contribution in [0.2, 0.25) is 0 Å². The van der Waals surface area contributed by atoms with Crippen molar-refractivity contribution in [2.45, 2.75) is 19.9 Å². The fourth-order valence-electron chi connectivity index (χ4n) is 2.11. The van der Waals surface area contributed by atoms with Gasteiger partial charge in [-0.1, -0.05) is 28.1 Å². The molecule has 0 heterocycles. The summed E-state index contributed by atoms with van der Waals surface area (Å²) in [4.78, 5) is 0. The third-order valence-corrected chi connectivity index (χ3v) is 3.60. The Morgan fingerprint density at radius 1 is 1.20 bits per heavy atom. The molecule has 2 aromatic rings. The number of aryl methyl sites for hydroxylation is 1. The Kier molecular flexibility index (Phi) is 4.55. The predicted octanol–water partition coefficient (Wildman–Crippen LogP) is 4.64. The van der Waals surface area contributed by atoms with Crippen molar-refractivity contribution in [1.29, 1.82) is 0 Å². The van der Waals surface area contributed by atoms with E-state index in [-0.39, 0.29) is 6.04 Å². The van der Waals surface area contributed by atoms with E-state index in [1.54, 1.807) is 13.2 Å². The van der Waals surface area contributed by atoms with Gasteiger partial charge in [0.05, 0.1) is 13.2 Å². The van der Waals surface area contributed by atoms with Crippen LogP contribution in [0.5, 0.6) is 11.5 Å². The van der Waals surface area contributed by atoms with Gasteiger partial charge in [-0.25, -0.2) is 0 Å². The van der Waals surface area contributed by atoms with Crippen LogP contribution in [0.25, 0.3) is 0 Å². The van der Waals surface area contributed by atoms with Gasteiger partial charge >= 0.3 is 0 Å². The summed E-state index contributed by atoms with van der Waals surface area (Å²) in [5.74, 6) is 1.09. The number of nitrogens with one attached hydrogen (secondary N) is 1. The Balaban J connectivity index is 2.22. The zero-order valence-electron chi connectivity index (χ0n) is 11.8. The third kappa shape index (κ3) is 3.45. The summed E-state index contributed by atoms with van der Waals surface area (Å²) in [6, 6.07) is 11.5. The van der Waals surface area contributed by atoms with Crippen molar-refractivity contribution in [1.82, 2.24) is 0 Å². The molecule has 4 heteroatoms. The lowest BCUT2D eigenvalue weighted by Gasteiger charge is -2.18. The monoisotopic (exact) mass is 335 g/mol. The quantitative estimate of drug-likeness (QED) is 0.854. The van der Waals surface area contributed by atoms with Crippen molar-refractivity contribution < 1.29 is 9.84 Å². The first-order valence-corrected chi connectivity index (χ1v) is 7.19. The van der Waals surface area contributed by atoms with Gasteiger partial charge < -0.3 is 15.2 Å². The number of phenols is 1. The Morgan fingerprint density at radius 2 is 1.95 bits per heavy atom. The lowest BCUT2D eigenvalue weighted by atomic mass is 10.0. The Bertz CT molecular complexity index is 613. The van der Waals surface area contributed by atoms with Crippen LogP contribution in [0.3, 0.4) is 0 Å². The molecule has 0 radical (unpaired) electrons. The number of anilines is 1. The number of benzene rings is 2. The lowest BCUT2D eigenvalue weighted by Crippen LogP contribution is -2.07. The van der Waals surface area contributed by atoms with Gasteiger partial charge in [-0.2, -0.15) is 0 Å². The molecule has 0 aliphatic heterocycles. The van der Waals surface area contributed by atoms with Gasteiger partial charge in [-0.3, -0.25) is 0 Å². The molecular weight excluding hydrogens is 318 g/mol. The molecule has 0 fully saturated rings. The maximum absolute atomic E-state index is 10.0. The van der Waals surface area contributed by atoms with Crippen molar-refractivity contribution in [3.8, 4) is 11.5 Å². The maximum Gasteiger partial charge on any atom is 0.122 e. The minimum atomic E-state index is -0.00499. The molecule has 3 nitrogen and oxygen atoms in total. The zero-order valence-corrected chi connectivity index (χ0v) is 13.4. The van der Waals surface area contributed by atoms with E-state index in [4.69, 9.17) is 4.74 Å². The van der Waals surface area contributed by atoms with E-state index < -0.39 is 0 Å². The highest BCUT2D eigenvalue weighted by Crippen LogP contribution is 2.30. The fourth-order valence-corrected chi connectivity index (χ4v) is 2.58. The summed E-state index contributed by atoms with van der Waals surface area (Å²) in [7, 11) is 1.64. The highest BCUT2D eigenvalue weighted by molar-refractivity contribution is 9.10. The maximum atomic E-state index is 10.0. The SMILES string of the molecule is COc1cc(Br)cc(NC(C)c2ccc(C)cc2O)c1. The van der Waals surface area contributed by atoms with Crippen molar-refractivity contribution in [3.63, 3.8) is 0 Å². The molecule has 20 heavy (non-hydrogen) atoms. The van der Waals surface area contributed by atoms with Crippen molar-refractivity contribution >= 4 is 21.6 Å². The van der Waals surface area contributed by atoms with Crippen LogP contribution in [0.15, 0.2) is 40.9 Å². The first-order valence-electron chi connectivity index (χ1n) is 6.40. The average molecular weight is 336 g/mol. The van der Waals surface area contributed by atoms with Crippen LogP contribution >= 0.6 is 15.9 Å². The molecule has 106 valence electrons. The van der Waals surface area contributed by atoms with Crippen LogP contribution in [-0.4, -0.2) is 12.2 Å². The molecule has 1 unspecified atom stereocenters. The minimum absolute atomic E-state index is 0.00499. The second kappa shape index (κ2) is 6.18. The molecule has 0 aliphatic rings. The van der Waals surface area contributed by atoms with Gasteiger partial charge in [0.2, 0.25) is 0 Å². The molecule has 0 saturated heterocycles. The van der Waals surface area contributed by atoms with E-state index in [1.807, 2.05) is 44.2 Å². The molecule has 0 bridgehead atoms. The number of phenolic OH excluding ortho intramolecular Hbond substituents is 1. The number of hydrogen-bond donors (Lipinski definition) is 2. The van der Waals surface area contributed by atoms with Gasteiger partial charge in [-0.15, -0.1) is 0 Å². The topological polar surface area (TPSA) is 41.5 Å². The van der Waals surface area contributed by atoms with E-state index in [1.165, 1.54) is 0 Å². The summed E-state index contributed by atoms with van der Waals surface area (Å²) in [5.41, 5.74) is 2.85. The fraction of sp³-hybridized carbons (Fsp3) is 0.250. The molecule has 2 aromatic carbocycles. The number of halogens is 1. The smallest absolute Gasteiger partial charge is 0.122 e. The van der Waals surface area contributed by atoms with Crippen LogP contribution in [0, 0.1) is 6.92 Å². The third-order valence-electron chi connectivity index (χ3n) is 3.14. The van der Waals surface area contributed by atoms with Gasteiger partial charge in [-0.05, 0) is 37.6 Å². The van der Waals surface area contributed by atoms with Crippen molar-refractivity contribution in [2.24, 2.45) is 0 Å². The van der Waals surface area contributed by atoms with Gasteiger partial charge in [0.15, 0.2) is 0 Å². The van der Waals surface area contributed by atoms with E-state index in [9.17, 15) is 5.11 Å². The Morgan fingerprint density at radius 3 is 2.60 bits per heavy atom. The van der Waals surface area contributed by atoms with E-state index in [2.05, 4.69) is 21.2 Å². The normalized spacial score (nSPS) is 12.0. The predicted molar refractivity (Wildman–Crippen MR) is 85.6 cm³/mol. The molecule has 2 N–H and O–H groups in total. The summed E-state index contributed by atoms with van der Waals surface area (Å²) in [6.45, 7) is 3.97. The Hall–Kier alpha value is -1.68. The number of methoxy groups -OCH3 is 1. The minimum Gasteiger partial charge on any atom is -0.508 e.